The highest BCUT2D eigenvalue weighted by Crippen LogP contribution is 2.34. The first kappa shape index (κ1) is 16.3. The van der Waals surface area contributed by atoms with Gasteiger partial charge in [0, 0.05) is 24.8 Å². The number of oxazole rings is 1. The zero-order valence-electron chi connectivity index (χ0n) is 13.1. The maximum Gasteiger partial charge on any atom is 0.303 e. The molecule has 3 aromatic rings. The number of nitrogens with zero attached hydrogens (tertiary/aromatic N) is 2. The molecule has 0 saturated carbocycles. The molecule has 7 nitrogen and oxygen atoms in total. The molecule has 0 bridgehead atoms. The first-order valence-electron chi connectivity index (χ1n) is 7.32. The molecule has 1 aromatic carbocycles. The molecule has 8 heteroatoms. The van der Waals surface area contributed by atoms with Crippen LogP contribution in [0.15, 0.2) is 27.3 Å². The van der Waals surface area contributed by atoms with Crippen molar-refractivity contribution in [1.29, 1.82) is 0 Å². The monoisotopic (exact) mass is 350 g/mol. The van der Waals surface area contributed by atoms with Gasteiger partial charge in [-0.25, -0.2) is 4.98 Å². The number of rotatable bonds is 6. The summed E-state index contributed by atoms with van der Waals surface area (Å²) in [4.78, 5) is 14.7. The van der Waals surface area contributed by atoms with Crippen LogP contribution in [0.1, 0.15) is 36.8 Å². The van der Waals surface area contributed by atoms with E-state index in [9.17, 15) is 4.79 Å². The number of carboxylic acid groups (broad SMARTS) is 1. The van der Waals surface area contributed by atoms with Crippen molar-refractivity contribution >= 4 is 28.5 Å². The van der Waals surface area contributed by atoms with E-state index in [2.05, 4.69) is 10.1 Å². The summed E-state index contributed by atoms with van der Waals surface area (Å²) in [6.07, 6.45) is 1.47. The van der Waals surface area contributed by atoms with Gasteiger partial charge in [-0.1, -0.05) is 16.8 Å². The fraction of sp³-hybridized carbons (Fsp3) is 0.312. The number of hydrogen-bond acceptors (Lipinski definition) is 6. The molecule has 0 aliphatic rings. The van der Waals surface area contributed by atoms with E-state index in [1.54, 1.807) is 25.3 Å². The van der Waals surface area contributed by atoms with Crippen LogP contribution in [0.25, 0.3) is 11.0 Å². The summed E-state index contributed by atoms with van der Waals surface area (Å²) in [6, 6.07) is 3.30. The minimum absolute atomic E-state index is 0.0284. The second kappa shape index (κ2) is 6.52. The second-order valence-electron chi connectivity index (χ2n) is 5.34. The highest BCUT2D eigenvalue weighted by atomic mass is 35.5. The fourth-order valence-electron chi connectivity index (χ4n) is 2.30. The Morgan fingerprint density at radius 3 is 2.92 bits per heavy atom. The standard InChI is InChI=1S/C16H15ClN2O5/c1-8(15-7-18-9(2)23-15)22-14-6-13-10(5-11(14)17)12(19-24-13)3-4-16(20)21/h5-8H,3-4H2,1-2H3,(H,20,21). The van der Waals surface area contributed by atoms with Gasteiger partial charge in [0.05, 0.1) is 23.3 Å². The quantitative estimate of drug-likeness (QED) is 0.718. The van der Waals surface area contributed by atoms with Crippen molar-refractivity contribution in [1.82, 2.24) is 10.1 Å². The number of carbonyl (C=O) groups is 1. The van der Waals surface area contributed by atoms with Gasteiger partial charge in [0.2, 0.25) is 0 Å². The topological polar surface area (TPSA) is 98.6 Å². The lowest BCUT2D eigenvalue weighted by atomic mass is 10.1. The SMILES string of the molecule is Cc1ncc(C(C)Oc2cc3onc(CCC(=O)O)c3cc2Cl)o1. The molecule has 1 N–H and O–H groups in total. The molecule has 0 saturated heterocycles. The molecule has 0 fully saturated rings. The van der Waals surface area contributed by atoms with E-state index < -0.39 is 5.97 Å². The van der Waals surface area contributed by atoms with E-state index >= 15 is 0 Å². The van der Waals surface area contributed by atoms with Gasteiger partial charge in [0.25, 0.3) is 0 Å². The predicted octanol–water partition coefficient (Wildman–Crippen LogP) is 3.93. The maximum atomic E-state index is 10.7. The Balaban J connectivity index is 1.84. The van der Waals surface area contributed by atoms with Crippen LogP contribution in [0.2, 0.25) is 5.02 Å². The number of aliphatic carboxylic acids is 1. The first-order chi connectivity index (χ1) is 11.4. The van der Waals surface area contributed by atoms with Crippen LogP contribution < -0.4 is 4.74 Å². The molecule has 2 heterocycles. The highest BCUT2D eigenvalue weighted by molar-refractivity contribution is 6.32. The zero-order chi connectivity index (χ0) is 17.3. The van der Waals surface area contributed by atoms with Gasteiger partial charge in [0.15, 0.2) is 23.3 Å². The Kier molecular flexibility index (Phi) is 4.44. The van der Waals surface area contributed by atoms with Gasteiger partial charge in [-0.3, -0.25) is 4.79 Å². The molecule has 126 valence electrons. The Morgan fingerprint density at radius 1 is 1.46 bits per heavy atom. The summed E-state index contributed by atoms with van der Waals surface area (Å²) in [7, 11) is 0. The summed E-state index contributed by atoms with van der Waals surface area (Å²) in [5.41, 5.74) is 1.04. The van der Waals surface area contributed by atoms with Crippen molar-refractivity contribution < 1.29 is 23.6 Å². The van der Waals surface area contributed by atoms with E-state index in [0.29, 0.717) is 39.1 Å². The van der Waals surface area contributed by atoms with Gasteiger partial charge in [-0.2, -0.15) is 0 Å². The van der Waals surface area contributed by atoms with Crippen LogP contribution in [-0.4, -0.2) is 21.2 Å². The Bertz CT molecular complexity index is 886. The number of hydrogen-bond donors (Lipinski definition) is 1. The third kappa shape index (κ3) is 3.35. The molecule has 0 amide bonds. The first-order valence-corrected chi connectivity index (χ1v) is 7.70. The van der Waals surface area contributed by atoms with Crippen LogP contribution in [0.4, 0.5) is 0 Å². The van der Waals surface area contributed by atoms with E-state index in [-0.39, 0.29) is 18.9 Å². The summed E-state index contributed by atoms with van der Waals surface area (Å²) in [5.74, 6) is 0.670. The summed E-state index contributed by atoms with van der Waals surface area (Å²) < 4.78 is 16.5. The lowest BCUT2D eigenvalue weighted by Crippen LogP contribution is -2.02. The molecule has 0 spiro atoms. The molecule has 3 rings (SSSR count). The molecule has 0 aliphatic carbocycles. The van der Waals surface area contributed by atoms with Crippen LogP contribution in [0, 0.1) is 6.92 Å². The number of aromatic nitrogens is 2. The van der Waals surface area contributed by atoms with Gasteiger partial charge >= 0.3 is 5.97 Å². The van der Waals surface area contributed by atoms with E-state index in [1.165, 1.54) is 0 Å². The normalized spacial score (nSPS) is 12.5. The number of halogens is 1. The van der Waals surface area contributed by atoms with Crippen molar-refractivity contribution in [3.8, 4) is 5.75 Å². The molecule has 0 aliphatic heterocycles. The van der Waals surface area contributed by atoms with Crippen molar-refractivity contribution in [3.63, 3.8) is 0 Å². The van der Waals surface area contributed by atoms with Crippen LogP contribution in [0.5, 0.6) is 5.75 Å². The van der Waals surface area contributed by atoms with Crippen molar-refractivity contribution in [2.45, 2.75) is 32.8 Å². The average molecular weight is 351 g/mol. The third-order valence-corrected chi connectivity index (χ3v) is 3.81. The number of fused-ring (bicyclic) bond motifs is 1. The van der Waals surface area contributed by atoms with Gasteiger partial charge in [-0.15, -0.1) is 0 Å². The number of aryl methyl sites for hydroxylation is 2. The predicted molar refractivity (Wildman–Crippen MR) is 85.3 cm³/mol. The zero-order valence-corrected chi connectivity index (χ0v) is 13.8. The number of carboxylic acids is 1. The van der Waals surface area contributed by atoms with E-state index in [1.807, 2.05) is 6.92 Å². The maximum absolute atomic E-state index is 10.7. The lowest BCUT2D eigenvalue weighted by molar-refractivity contribution is -0.136. The summed E-state index contributed by atoms with van der Waals surface area (Å²) >= 11 is 6.27. The number of ether oxygens (including phenoxy) is 1. The Hall–Kier alpha value is -2.54. The molecule has 2 aromatic heterocycles. The summed E-state index contributed by atoms with van der Waals surface area (Å²) in [6.45, 7) is 3.57. The van der Waals surface area contributed by atoms with E-state index in [4.69, 9.17) is 30.4 Å². The average Bonchev–Trinajstić information content (AvgIpc) is 3.12. The third-order valence-electron chi connectivity index (χ3n) is 3.52. The van der Waals surface area contributed by atoms with E-state index in [0.717, 1.165) is 0 Å². The van der Waals surface area contributed by atoms with Crippen LogP contribution >= 0.6 is 11.6 Å². The number of benzene rings is 1. The highest BCUT2D eigenvalue weighted by Gasteiger charge is 2.17. The van der Waals surface area contributed by atoms with Crippen molar-refractivity contribution in [2.24, 2.45) is 0 Å². The molecular weight excluding hydrogens is 336 g/mol. The Labute approximate surface area is 142 Å². The molecule has 0 radical (unpaired) electrons. The minimum Gasteiger partial charge on any atom is -0.481 e. The largest absolute Gasteiger partial charge is 0.481 e. The lowest BCUT2D eigenvalue weighted by Gasteiger charge is -2.13. The molecule has 24 heavy (non-hydrogen) atoms. The van der Waals surface area contributed by atoms with Gasteiger partial charge in [0.1, 0.15) is 5.75 Å². The molecular formula is C16H15ClN2O5. The van der Waals surface area contributed by atoms with Crippen LogP contribution in [0.3, 0.4) is 0 Å². The molecule has 1 unspecified atom stereocenters. The van der Waals surface area contributed by atoms with Gasteiger partial charge < -0.3 is 18.8 Å². The fourth-order valence-corrected chi connectivity index (χ4v) is 2.51. The van der Waals surface area contributed by atoms with Gasteiger partial charge in [-0.05, 0) is 13.0 Å². The van der Waals surface area contributed by atoms with Crippen molar-refractivity contribution in [3.05, 3.63) is 40.7 Å². The van der Waals surface area contributed by atoms with Crippen LogP contribution in [-0.2, 0) is 11.2 Å². The second-order valence-corrected chi connectivity index (χ2v) is 5.75. The molecule has 1 atom stereocenters. The summed E-state index contributed by atoms with van der Waals surface area (Å²) in [5, 5.41) is 13.7. The minimum atomic E-state index is -0.895. The Morgan fingerprint density at radius 2 is 2.25 bits per heavy atom. The smallest absolute Gasteiger partial charge is 0.303 e. The van der Waals surface area contributed by atoms with Crippen molar-refractivity contribution in [2.75, 3.05) is 0 Å².